The van der Waals surface area contributed by atoms with Gasteiger partial charge in [-0.2, -0.15) is 0 Å². The average Bonchev–Trinajstić information content (AvgIpc) is 2.85. The first-order chi connectivity index (χ1) is 8.69. The van der Waals surface area contributed by atoms with E-state index in [9.17, 15) is 5.11 Å². The smallest absolute Gasteiger partial charge is 0.126 e. The van der Waals surface area contributed by atoms with Crippen molar-refractivity contribution in [2.75, 3.05) is 18.6 Å². The molecule has 1 fully saturated rings. The maximum atomic E-state index is 10.0. The molecule has 1 saturated heterocycles. The number of rotatable bonds is 4. The van der Waals surface area contributed by atoms with Crippen molar-refractivity contribution in [1.82, 2.24) is 0 Å². The molecule has 0 amide bonds. The van der Waals surface area contributed by atoms with Crippen molar-refractivity contribution in [3.05, 3.63) is 23.8 Å². The lowest BCUT2D eigenvalue weighted by atomic mass is 10.0. The quantitative estimate of drug-likeness (QED) is 0.890. The number of methoxy groups -OCH3 is 1. The van der Waals surface area contributed by atoms with Crippen molar-refractivity contribution in [1.29, 1.82) is 0 Å². The third-order valence-electron chi connectivity index (χ3n) is 3.84. The standard InChI is InChI=1S/C15H23NO2/c1-4-12-7-6-10-16(12)13-8-5-9-14(18-3)15(13)11(2)17/h5,8-9,11-12,17H,4,6-7,10H2,1-3H3/t11-,12?/m1/s1. The minimum absolute atomic E-state index is 0.505. The Balaban J connectivity index is 2.43. The van der Waals surface area contributed by atoms with Crippen LogP contribution in [0.15, 0.2) is 18.2 Å². The molecule has 1 unspecified atom stereocenters. The first-order valence-electron chi connectivity index (χ1n) is 6.80. The fraction of sp³-hybridized carbons (Fsp3) is 0.600. The Bertz CT molecular complexity index is 403. The van der Waals surface area contributed by atoms with Crippen LogP contribution in [0.3, 0.4) is 0 Å². The van der Waals surface area contributed by atoms with Crippen molar-refractivity contribution < 1.29 is 9.84 Å². The van der Waals surface area contributed by atoms with Gasteiger partial charge in [0.25, 0.3) is 0 Å². The van der Waals surface area contributed by atoms with Crippen molar-refractivity contribution in [3.63, 3.8) is 0 Å². The fourth-order valence-corrected chi connectivity index (χ4v) is 2.96. The molecule has 2 rings (SSSR count). The minimum Gasteiger partial charge on any atom is -0.496 e. The average molecular weight is 249 g/mol. The second kappa shape index (κ2) is 5.61. The van der Waals surface area contributed by atoms with Crippen molar-refractivity contribution >= 4 is 5.69 Å². The molecular weight excluding hydrogens is 226 g/mol. The van der Waals surface area contributed by atoms with E-state index in [2.05, 4.69) is 17.9 Å². The first kappa shape index (κ1) is 13.2. The summed E-state index contributed by atoms with van der Waals surface area (Å²) in [7, 11) is 1.66. The molecule has 1 heterocycles. The van der Waals surface area contributed by atoms with E-state index < -0.39 is 6.10 Å². The fourth-order valence-electron chi connectivity index (χ4n) is 2.96. The predicted molar refractivity (Wildman–Crippen MR) is 74.3 cm³/mol. The van der Waals surface area contributed by atoms with E-state index in [0.717, 1.165) is 30.0 Å². The van der Waals surface area contributed by atoms with Crippen LogP contribution in [0.5, 0.6) is 5.75 Å². The van der Waals surface area contributed by atoms with Crippen LogP contribution < -0.4 is 9.64 Å². The molecule has 1 aliphatic heterocycles. The van der Waals surface area contributed by atoms with Gasteiger partial charge in [0.05, 0.1) is 13.2 Å². The Morgan fingerprint density at radius 2 is 2.28 bits per heavy atom. The van der Waals surface area contributed by atoms with Crippen molar-refractivity contribution in [2.45, 2.75) is 45.3 Å². The summed E-state index contributed by atoms with van der Waals surface area (Å²) in [6.07, 6.45) is 3.12. The Morgan fingerprint density at radius 1 is 1.50 bits per heavy atom. The van der Waals surface area contributed by atoms with Crippen LogP contribution in [0, 0.1) is 0 Å². The molecule has 0 spiro atoms. The highest BCUT2D eigenvalue weighted by Gasteiger charge is 2.27. The topological polar surface area (TPSA) is 32.7 Å². The molecule has 100 valence electrons. The summed E-state index contributed by atoms with van der Waals surface area (Å²) in [6, 6.07) is 6.61. The molecular formula is C15H23NO2. The van der Waals surface area contributed by atoms with Crippen LogP contribution >= 0.6 is 0 Å². The number of nitrogens with zero attached hydrogens (tertiary/aromatic N) is 1. The highest BCUT2D eigenvalue weighted by molar-refractivity contribution is 5.61. The normalized spacial score (nSPS) is 21.1. The molecule has 0 saturated carbocycles. The molecule has 1 aromatic rings. The van der Waals surface area contributed by atoms with E-state index >= 15 is 0 Å². The van der Waals surface area contributed by atoms with Gasteiger partial charge in [0, 0.05) is 23.8 Å². The highest BCUT2D eigenvalue weighted by Crippen LogP contribution is 2.38. The molecule has 1 aliphatic rings. The molecule has 2 atom stereocenters. The Labute approximate surface area is 109 Å². The summed E-state index contributed by atoms with van der Waals surface area (Å²) in [6.45, 7) is 5.11. The third kappa shape index (κ3) is 2.32. The maximum absolute atomic E-state index is 10.0. The summed E-state index contributed by atoms with van der Waals surface area (Å²) in [5, 5.41) is 10.0. The second-order valence-electron chi connectivity index (χ2n) is 4.97. The second-order valence-corrected chi connectivity index (χ2v) is 4.97. The zero-order valence-electron chi connectivity index (χ0n) is 11.5. The molecule has 1 aromatic carbocycles. The van der Waals surface area contributed by atoms with Crippen LogP contribution in [-0.2, 0) is 0 Å². The summed E-state index contributed by atoms with van der Waals surface area (Å²) in [5.74, 6) is 0.782. The molecule has 1 N–H and O–H groups in total. The lowest BCUT2D eigenvalue weighted by molar-refractivity contribution is 0.194. The van der Waals surface area contributed by atoms with E-state index in [0.29, 0.717) is 6.04 Å². The number of anilines is 1. The Kier molecular flexibility index (Phi) is 4.12. The highest BCUT2D eigenvalue weighted by atomic mass is 16.5. The van der Waals surface area contributed by atoms with E-state index in [1.165, 1.54) is 12.8 Å². The van der Waals surface area contributed by atoms with Gasteiger partial charge < -0.3 is 14.7 Å². The molecule has 0 radical (unpaired) electrons. The summed E-state index contributed by atoms with van der Waals surface area (Å²) in [5.41, 5.74) is 2.05. The Morgan fingerprint density at radius 3 is 2.89 bits per heavy atom. The number of hydrogen-bond acceptors (Lipinski definition) is 3. The van der Waals surface area contributed by atoms with Gasteiger partial charge in [0.1, 0.15) is 5.75 Å². The van der Waals surface area contributed by atoms with Crippen molar-refractivity contribution in [2.24, 2.45) is 0 Å². The van der Waals surface area contributed by atoms with Crippen LogP contribution in [-0.4, -0.2) is 24.8 Å². The van der Waals surface area contributed by atoms with Crippen molar-refractivity contribution in [3.8, 4) is 5.75 Å². The monoisotopic (exact) mass is 249 g/mol. The molecule has 0 aromatic heterocycles. The van der Waals surface area contributed by atoms with Gasteiger partial charge in [0.15, 0.2) is 0 Å². The van der Waals surface area contributed by atoms with Gasteiger partial charge in [-0.3, -0.25) is 0 Å². The lowest BCUT2D eigenvalue weighted by Gasteiger charge is -2.29. The van der Waals surface area contributed by atoms with Gasteiger partial charge in [0.2, 0.25) is 0 Å². The summed E-state index contributed by atoms with van der Waals surface area (Å²) in [4.78, 5) is 2.42. The molecule has 3 heteroatoms. The zero-order chi connectivity index (χ0) is 13.1. The number of aliphatic hydroxyl groups is 1. The number of hydrogen-bond donors (Lipinski definition) is 1. The molecule has 0 aliphatic carbocycles. The molecule has 18 heavy (non-hydrogen) atoms. The lowest BCUT2D eigenvalue weighted by Crippen LogP contribution is -2.29. The van der Waals surface area contributed by atoms with Crippen LogP contribution in [0.25, 0.3) is 0 Å². The largest absolute Gasteiger partial charge is 0.496 e. The SMILES string of the molecule is CCC1CCCN1c1cccc(OC)c1[C@@H](C)O. The van der Waals surface area contributed by atoms with Crippen LogP contribution in [0.2, 0.25) is 0 Å². The van der Waals surface area contributed by atoms with Gasteiger partial charge in [-0.25, -0.2) is 0 Å². The third-order valence-corrected chi connectivity index (χ3v) is 3.84. The van der Waals surface area contributed by atoms with Gasteiger partial charge in [-0.15, -0.1) is 0 Å². The number of aliphatic hydroxyl groups excluding tert-OH is 1. The predicted octanol–water partition coefficient (Wildman–Crippen LogP) is 3.13. The summed E-state index contributed by atoms with van der Waals surface area (Å²) >= 11 is 0. The maximum Gasteiger partial charge on any atom is 0.126 e. The van der Waals surface area contributed by atoms with Gasteiger partial charge in [-0.05, 0) is 38.3 Å². The number of benzene rings is 1. The van der Waals surface area contributed by atoms with Crippen LogP contribution in [0.1, 0.15) is 44.8 Å². The van der Waals surface area contributed by atoms with Gasteiger partial charge >= 0.3 is 0 Å². The summed E-state index contributed by atoms with van der Waals surface area (Å²) < 4.78 is 5.39. The first-order valence-corrected chi connectivity index (χ1v) is 6.80. The molecule has 0 bridgehead atoms. The molecule has 3 nitrogen and oxygen atoms in total. The zero-order valence-corrected chi connectivity index (χ0v) is 11.5. The number of ether oxygens (including phenoxy) is 1. The van der Waals surface area contributed by atoms with E-state index in [-0.39, 0.29) is 0 Å². The van der Waals surface area contributed by atoms with Gasteiger partial charge in [-0.1, -0.05) is 13.0 Å². The minimum atomic E-state index is -0.505. The van der Waals surface area contributed by atoms with Crippen LogP contribution in [0.4, 0.5) is 5.69 Å². The van der Waals surface area contributed by atoms with E-state index in [1.54, 1.807) is 14.0 Å². The van der Waals surface area contributed by atoms with E-state index in [1.807, 2.05) is 12.1 Å². The van der Waals surface area contributed by atoms with E-state index in [4.69, 9.17) is 4.74 Å². The Hall–Kier alpha value is -1.22.